The van der Waals surface area contributed by atoms with Gasteiger partial charge in [-0.05, 0) is 62.4 Å². The molecule has 6 nitrogen and oxygen atoms in total. The normalized spacial score (nSPS) is 16.0. The second kappa shape index (κ2) is 9.96. The van der Waals surface area contributed by atoms with E-state index in [2.05, 4.69) is 35.9 Å². The molecule has 1 saturated heterocycles. The number of aromatic nitrogens is 2. The van der Waals surface area contributed by atoms with Crippen LogP contribution in [0.1, 0.15) is 36.2 Å². The van der Waals surface area contributed by atoms with Crippen LogP contribution in [0.25, 0.3) is 11.0 Å². The monoisotopic (exact) mass is 421 g/mol. The standard InChI is InChI=1S/C25H31N3O3/c1-18-8-5-11-22(19(18)2)30-17-7-15-28-21-10-4-3-9-20(21)27-24(28)13-14-26-25(29)23-12-6-16-31-23/h3-5,8-11,23H,6-7,12-17H2,1-2H3,(H,26,29). The number of carbonyl (C=O) groups excluding carboxylic acids is 1. The molecule has 3 aromatic rings. The van der Waals surface area contributed by atoms with Crippen molar-refractivity contribution in [3.05, 3.63) is 59.4 Å². The second-order valence-electron chi connectivity index (χ2n) is 8.11. The Balaban J connectivity index is 1.36. The third kappa shape index (κ3) is 5.07. The molecule has 1 aromatic heterocycles. The number of imidazole rings is 1. The third-order valence-corrected chi connectivity index (χ3v) is 5.94. The third-order valence-electron chi connectivity index (χ3n) is 5.94. The first-order valence-corrected chi connectivity index (χ1v) is 11.2. The molecule has 0 spiro atoms. The first kappa shape index (κ1) is 21.4. The number of hydrogen-bond acceptors (Lipinski definition) is 4. The van der Waals surface area contributed by atoms with Crippen LogP contribution in [0.15, 0.2) is 42.5 Å². The van der Waals surface area contributed by atoms with Crippen LogP contribution >= 0.6 is 0 Å². The van der Waals surface area contributed by atoms with Crippen molar-refractivity contribution >= 4 is 16.9 Å². The molecule has 31 heavy (non-hydrogen) atoms. The molecule has 1 unspecified atom stereocenters. The predicted molar refractivity (Wildman–Crippen MR) is 121 cm³/mol. The van der Waals surface area contributed by atoms with Gasteiger partial charge < -0.3 is 19.4 Å². The summed E-state index contributed by atoms with van der Waals surface area (Å²) in [7, 11) is 0. The minimum atomic E-state index is -0.291. The maximum Gasteiger partial charge on any atom is 0.249 e. The van der Waals surface area contributed by atoms with Gasteiger partial charge in [0.1, 0.15) is 17.7 Å². The van der Waals surface area contributed by atoms with Gasteiger partial charge in [-0.15, -0.1) is 0 Å². The zero-order chi connectivity index (χ0) is 21.6. The minimum Gasteiger partial charge on any atom is -0.493 e. The molecule has 0 saturated carbocycles. The zero-order valence-electron chi connectivity index (χ0n) is 18.4. The Morgan fingerprint density at radius 1 is 1.23 bits per heavy atom. The molecule has 0 radical (unpaired) electrons. The SMILES string of the molecule is Cc1cccc(OCCCn2c(CCNC(=O)C3CCCO3)nc3ccccc32)c1C. The molecule has 164 valence electrons. The van der Waals surface area contributed by atoms with E-state index in [9.17, 15) is 4.79 Å². The number of para-hydroxylation sites is 2. The molecule has 1 N–H and O–H groups in total. The second-order valence-corrected chi connectivity index (χ2v) is 8.11. The Hall–Kier alpha value is -2.86. The van der Waals surface area contributed by atoms with Crippen LogP contribution < -0.4 is 10.1 Å². The number of hydrogen-bond donors (Lipinski definition) is 1. The summed E-state index contributed by atoms with van der Waals surface area (Å²) in [5.74, 6) is 1.93. The molecule has 0 bridgehead atoms. The van der Waals surface area contributed by atoms with E-state index in [0.717, 1.165) is 48.4 Å². The van der Waals surface area contributed by atoms with Gasteiger partial charge in [0.05, 0.1) is 17.6 Å². The van der Waals surface area contributed by atoms with Crippen molar-refractivity contribution in [1.82, 2.24) is 14.9 Å². The summed E-state index contributed by atoms with van der Waals surface area (Å²) in [6.07, 6.45) is 3.04. The van der Waals surface area contributed by atoms with E-state index in [0.29, 0.717) is 26.2 Å². The molecule has 2 heterocycles. The Kier molecular flexibility index (Phi) is 6.87. The van der Waals surface area contributed by atoms with Crippen molar-refractivity contribution < 1.29 is 14.3 Å². The number of rotatable bonds is 9. The van der Waals surface area contributed by atoms with Crippen LogP contribution in [0.4, 0.5) is 0 Å². The molecule has 4 rings (SSSR count). The van der Waals surface area contributed by atoms with Gasteiger partial charge in [0, 0.05) is 26.1 Å². The maximum absolute atomic E-state index is 12.2. The van der Waals surface area contributed by atoms with Gasteiger partial charge in [0.25, 0.3) is 0 Å². The van der Waals surface area contributed by atoms with Crippen LogP contribution in [0.3, 0.4) is 0 Å². The minimum absolute atomic E-state index is 0.0120. The fourth-order valence-electron chi connectivity index (χ4n) is 4.05. The summed E-state index contributed by atoms with van der Waals surface area (Å²) in [4.78, 5) is 17.0. The van der Waals surface area contributed by atoms with Gasteiger partial charge in [-0.1, -0.05) is 24.3 Å². The first-order chi connectivity index (χ1) is 15.1. The van der Waals surface area contributed by atoms with Gasteiger partial charge in [-0.2, -0.15) is 0 Å². The zero-order valence-corrected chi connectivity index (χ0v) is 18.4. The fraction of sp³-hybridized carbons (Fsp3) is 0.440. The summed E-state index contributed by atoms with van der Waals surface area (Å²) in [5.41, 5.74) is 4.54. The number of aryl methyl sites for hydroxylation is 2. The Bertz CT molecular complexity index is 1040. The van der Waals surface area contributed by atoms with Gasteiger partial charge in [-0.25, -0.2) is 4.98 Å². The number of nitrogens with zero attached hydrogens (tertiary/aromatic N) is 2. The van der Waals surface area contributed by atoms with E-state index in [1.54, 1.807) is 0 Å². The lowest BCUT2D eigenvalue weighted by Gasteiger charge is -2.13. The molecule has 6 heteroatoms. The summed E-state index contributed by atoms with van der Waals surface area (Å²) in [6, 6.07) is 14.3. The highest BCUT2D eigenvalue weighted by Gasteiger charge is 2.23. The molecule has 1 aliphatic rings. The average molecular weight is 422 g/mol. The fourth-order valence-corrected chi connectivity index (χ4v) is 4.05. The van der Waals surface area contributed by atoms with Gasteiger partial charge in [0.15, 0.2) is 0 Å². The van der Waals surface area contributed by atoms with E-state index in [4.69, 9.17) is 14.5 Å². The lowest BCUT2D eigenvalue weighted by atomic mass is 10.1. The van der Waals surface area contributed by atoms with Crippen LogP contribution in [-0.4, -0.2) is 41.3 Å². The van der Waals surface area contributed by atoms with E-state index < -0.39 is 0 Å². The van der Waals surface area contributed by atoms with Crippen LogP contribution in [-0.2, 0) is 22.5 Å². The van der Waals surface area contributed by atoms with Crippen LogP contribution in [0, 0.1) is 13.8 Å². The van der Waals surface area contributed by atoms with Crippen molar-refractivity contribution in [3.63, 3.8) is 0 Å². The smallest absolute Gasteiger partial charge is 0.249 e. The molecule has 1 aliphatic heterocycles. The van der Waals surface area contributed by atoms with E-state index in [1.807, 2.05) is 30.3 Å². The number of nitrogens with one attached hydrogen (secondary N) is 1. The topological polar surface area (TPSA) is 65.4 Å². The molecule has 1 amide bonds. The molecule has 1 atom stereocenters. The Morgan fingerprint density at radius 2 is 2.10 bits per heavy atom. The molecule has 2 aromatic carbocycles. The van der Waals surface area contributed by atoms with E-state index in [-0.39, 0.29) is 12.0 Å². The summed E-state index contributed by atoms with van der Waals surface area (Å²) in [6.45, 7) is 6.90. The van der Waals surface area contributed by atoms with Crippen molar-refractivity contribution in [2.75, 3.05) is 19.8 Å². The van der Waals surface area contributed by atoms with E-state index in [1.165, 1.54) is 11.1 Å². The highest BCUT2D eigenvalue weighted by molar-refractivity contribution is 5.81. The Morgan fingerprint density at radius 3 is 2.94 bits per heavy atom. The van der Waals surface area contributed by atoms with Gasteiger partial charge in [-0.3, -0.25) is 4.79 Å². The largest absolute Gasteiger partial charge is 0.493 e. The maximum atomic E-state index is 12.2. The number of amides is 1. The highest BCUT2D eigenvalue weighted by Crippen LogP contribution is 2.21. The van der Waals surface area contributed by atoms with Gasteiger partial charge in [0.2, 0.25) is 5.91 Å². The average Bonchev–Trinajstić information content (AvgIpc) is 3.42. The number of fused-ring (bicyclic) bond motifs is 1. The summed E-state index contributed by atoms with van der Waals surface area (Å²) in [5, 5.41) is 3.00. The van der Waals surface area contributed by atoms with Gasteiger partial charge >= 0.3 is 0 Å². The Labute approximate surface area is 183 Å². The van der Waals surface area contributed by atoms with Crippen molar-refractivity contribution in [3.8, 4) is 5.75 Å². The lowest BCUT2D eigenvalue weighted by Crippen LogP contribution is -2.35. The quantitative estimate of drug-likeness (QED) is 0.531. The number of benzene rings is 2. The highest BCUT2D eigenvalue weighted by atomic mass is 16.5. The van der Waals surface area contributed by atoms with E-state index >= 15 is 0 Å². The van der Waals surface area contributed by atoms with Crippen molar-refractivity contribution in [1.29, 1.82) is 0 Å². The van der Waals surface area contributed by atoms with Crippen LogP contribution in [0.2, 0.25) is 0 Å². The molecule has 1 fully saturated rings. The lowest BCUT2D eigenvalue weighted by molar-refractivity contribution is -0.130. The van der Waals surface area contributed by atoms with Crippen LogP contribution in [0.5, 0.6) is 5.75 Å². The summed E-state index contributed by atoms with van der Waals surface area (Å²) >= 11 is 0. The number of ether oxygens (including phenoxy) is 2. The molecule has 0 aliphatic carbocycles. The summed E-state index contributed by atoms with van der Waals surface area (Å²) < 4.78 is 13.7. The number of carbonyl (C=O) groups is 1. The van der Waals surface area contributed by atoms with Crippen molar-refractivity contribution in [2.24, 2.45) is 0 Å². The molecular weight excluding hydrogens is 390 g/mol. The molecular formula is C25H31N3O3. The first-order valence-electron chi connectivity index (χ1n) is 11.2. The predicted octanol–water partition coefficient (Wildman–Crippen LogP) is 3.96. The van der Waals surface area contributed by atoms with Crippen molar-refractivity contribution in [2.45, 2.75) is 52.2 Å².